The molecule has 250 valence electrons. The molecule has 4 fully saturated rings. The van der Waals surface area contributed by atoms with Crippen LogP contribution in [0.25, 0.3) is 0 Å². The molecule has 6 rings (SSSR count). The Morgan fingerprint density at radius 2 is 1.70 bits per heavy atom. The Hall–Kier alpha value is -2.96. The van der Waals surface area contributed by atoms with Crippen LogP contribution < -0.4 is 4.90 Å². The lowest BCUT2D eigenvalue weighted by molar-refractivity contribution is -0.146. The third-order valence-electron chi connectivity index (χ3n) is 10.0. The van der Waals surface area contributed by atoms with Crippen LogP contribution in [0.15, 0.2) is 86.0 Å². The maximum Gasteiger partial charge on any atom is 0.247 e. The highest BCUT2D eigenvalue weighted by atomic mass is 79.9. The number of carbonyl (C=O) groups is 3. The van der Waals surface area contributed by atoms with E-state index in [1.54, 1.807) is 38.6 Å². The molecule has 0 aromatic heterocycles. The minimum absolute atomic E-state index is 0.0763. The molecule has 9 nitrogen and oxygen atoms in total. The van der Waals surface area contributed by atoms with Crippen molar-refractivity contribution in [2.45, 2.75) is 33.3 Å². The lowest BCUT2D eigenvalue weighted by Gasteiger charge is -2.40. The third kappa shape index (κ3) is 6.21. The van der Waals surface area contributed by atoms with Gasteiger partial charge in [-0.3, -0.25) is 19.3 Å². The van der Waals surface area contributed by atoms with Crippen LogP contribution in [-0.2, 0) is 19.1 Å². The zero-order valence-corrected chi connectivity index (χ0v) is 28.9. The fourth-order valence-corrected chi connectivity index (χ4v) is 11.5. The van der Waals surface area contributed by atoms with E-state index in [1.165, 1.54) is 0 Å². The number of amides is 3. The molecule has 0 aliphatic carbocycles. The second-order valence-corrected chi connectivity index (χ2v) is 15.3. The number of halogens is 1. The number of carbonyl (C=O) groups excluding carboxylic acids is 3. The number of morpholine rings is 1. The fourth-order valence-electron chi connectivity index (χ4n) is 7.94. The Morgan fingerprint density at radius 3 is 2.34 bits per heavy atom. The number of fused-ring (bicyclic) bond motifs is 1. The Bertz CT molecular complexity index is 1460. The van der Waals surface area contributed by atoms with Crippen molar-refractivity contribution in [2.75, 3.05) is 64.0 Å². The average Bonchev–Trinajstić information content (AvgIpc) is 3.70. The van der Waals surface area contributed by atoms with E-state index in [2.05, 4.69) is 34.0 Å². The molecule has 2 aromatic carbocycles. The smallest absolute Gasteiger partial charge is 0.247 e. The molecule has 0 saturated carbocycles. The van der Waals surface area contributed by atoms with Crippen molar-refractivity contribution in [2.24, 2.45) is 11.8 Å². The molecular formula is C36H43BrN4O5S. The van der Waals surface area contributed by atoms with Crippen LogP contribution in [0.5, 0.6) is 0 Å². The van der Waals surface area contributed by atoms with Gasteiger partial charge in [0.2, 0.25) is 17.7 Å². The van der Waals surface area contributed by atoms with Gasteiger partial charge in [-0.05, 0) is 24.1 Å². The summed E-state index contributed by atoms with van der Waals surface area (Å²) in [6, 6.07) is 17.2. The van der Waals surface area contributed by atoms with Crippen molar-refractivity contribution in [1.29, 1.82) is 0 Å². The first-order valence-electron chi connectivity index (χ1n) is 16.3. The number of nitrogens with zero attached hydrogens (tertiary/aromatic N) is 4. The Balaban J connectivity index is 1.41. The van der Waals surface area contributed by atoms with Crippen LogP contribution in [-0.4, -0.2) is 117 Å². The van der Waals surface area contributed by atoms with Gasteiger partial charge < -0.3 is 24.5 Å². The van der Waals surface area contributed by atoms with Gasteiger partial charge in [0.25, 0.3) is 0 Å². The zero-order chi connectivity index (χ0) is 33.1. The standard InChI is InChI=1S/C36H43BrN4O5S/c1-3-15-39(18-17-38-19-21-46-22-20-38)35(45)32-36-23-27(37)31(47-36)29(33(43)40(16-4-2)26-13-9-6-10-14-26)30(36)34(44)41(32)28(24-42)25-11-7-5-8-12-25/h3-14,27-32,42H,1-2,15-24H2/t27?,28-,29-,30+,31-,32?,36?/m1/s1. The molecule has 4 aliphatic heterocycles. The highest BCUT2D eigenvalue weighted by Gasteiger charge is 2.76. The quantitative estimate of drug-likeness (QED) is 0.249. The first-order chi connectivity index (χ1) is 22.9. The molecule has 11 heteroatoms. The second-order valence-electron chi connectivity index (χ2n) is 12.6. The van der Waals surface area contributed by atoms with E-state index in [0.29, 0.717) is 45.8 Å². The van der Waals surface area contributed by atoms with Crippen molar-refractivity contribution in [1.82, 2.24) is 14.7 Å². The van der Waals surface area contributed by atoms with Gasteiger partial charge in [-0.15, -0.1) is 24.9 Å². The number of hydrogen-bond donors (Lipinski definition) is 1. The molecule has 2 aromatic rings. The summed E-state index contributed by atoms with van der Waals surface area (Å²) in [5.41, 5.74) is 1.48. The second kappa shape index (κ2) is 14.7. The normalized spacial score (nSPS) is 28.9. The average molecular weight is 724 g/mol. The molecule has 3 amide bonds. The fraction of sp³-hybridized carbons (Fsp3) is 0.472. The summed E-state index contributed by atoms with van der Waals surface area (Å²) in [5, 5.41) is 10.7. The van der Waals surface area contributed by atoms with Crippen molar-refractivity contribution < 1.29 is 24.2 Å². The van der Waals surface area contributed by atoms with Crippen LogP contribution in [0, 0.1) is 11.8 Å². The minimum atomic E-state index is -0.876. The van der Waals surface area contributed by atoms with E-state index in [1.807, 2.05) is 60.7 Å². The van der Waals surface area contributed by atoms with Crippen LogP contribution in [0.1, 0.15) is 18.0 Å². The predicted molar refractivity (Wildman–Crippen MR) is 188 cm³/mol. The summed E-state index contributed by atoms with van der Waals surface area (Å²) in [7, 11) is 0. The molecule has 3 unspecified atom stereocenters. The number of aliphatic hydroxyl groups is 1. The van der Waals surface area contributed by atoms with Gasteiger partial charge in [0, 0.05) is 55.0 Å². The summed E-state index contributed by atoms with van der Waals surface area (Å²) < 4.78 is 4.66. The Morgan fingerprint density at radius 1 is 1.04 bits per heavy atom. The summed E-state index contributed by atoms with van der Waals surface area (Å²) in [6.07, 6.45) is 3.97. The van der Waals surface area contributed by atoms with E-state index in [-0.39, 0.29) is 34.4 Å². The maximum atomic E-state index is 15.0. The number of ether oxygens (including phenoxy) is 1. The molecule has 4 aliphatic rings. The lowest BCUT2D eigenvalue weighted by Crippen LogP contribution is -2.57. The van der Waals surface area contributed by atoms with Gasteiger partial charge in [-0.1, -0.05) is 76.6 Å². The number of aliphatic hydroxyl groups excluding tert-OH is 1. The summed E-state index contributed by atoms with van der Waals surface area (Å²) in [6.45, 7) is 12.2. The van der Waals surface area contributed by atoms with E-state index in [9.17, 15) is 14.7 Å². The van der Waals surface area contributed by atoms with Gasteiger partial charge in [0.05, 0.1) is 42.4 Å². The summed E-state index contributed by atoms with van der Waals surface area (Å²) in [5.74, 6) is -1.97. The molecule has 47 heavy (non-hydrogen) atoms. The van der Waals surface area contributed by atoms with Crippen LogP contribution in [0.3, 0.4) is 0 Å². The van der Waals surface area contributed by atoms with Crippen LogP contribution in [0.4, 0.5) is 5.69 Å². The van der Waals surface area contributed by atoms with Crippen molar-refractivity contribution >= 4 is 51.1 Å². The molecule has 7 atom stereocenters. The largest absolute Gasteiger partial charge is 0.394 e. The Kier molecular flexibility index (Phi) is 10.6. The first kappa shape index (κ1) is 33.9. The number of thioether (sulfide) groups is 1. The highest BCUT2D eigenvalue weighted by Crippen LogP contribution is 2.68. The first-order valence-corrected chi connectivity index (χ1v) is 18.1. The van der Waals surface area contributed by atoms with E-state index in [0.717, 1.165) is 24.3 Å². The van der Waals surface area contributed by atoms with Gasteiger partial charge in [-0.25, -0.2) is 0 Å². The predicted octanol–water partition coefficient (Wildman–Crippen LogP) is 3.75. The molecule has 2 bridgehead atoms. The molecule has 1 spiro atoms. The number of likely N-dealkylation sites (tertiary alicyclic amines) is 1. The van der Waals surface area contributed by atoms with Crippen LogP contribution >= 0.6 is 27.7 Å². The van der Waals surface area contributed by atoms with Crippen molar-refractivity contribution in [3.63, 3.8) is 0 Å². The topological polar surface area (TPSA) is 93.6 Å². The van der Waals surface area contributed by atoms with E-state index < -0.39 is 28.7 Å². The van der Waals surface area contributed by atoms with E-state index in [4.69, 9.17) is 4.74 Å². The number of anilines is 1. The zero-order valence-electron chi connectivity index (χ0n) is 26.5. The van der Waals surface area contributed by atoms with Gasteiger partial charge in [-0.2, -0.15) is 0 Å². The van der Waals surface area contributed by atoms with E-state index >= 15 is 4.79 Å². The third-order valence-corrected chi connectivity index (χ3v) is 13.3. The van der Waals surface area contributed by atoms with Crippen molar-refractivity contribution in [3.05, 3.63) is 91.5 Å². The van der Waals surface area contributed by atoms with Gasteiger partial charge >= 0.3 is 0 Å². The molecule has 1 N–H and O–H groups in total. The minimum Gasteiger partial charge on any atom is -0.394 e. The monoisotopic (exact) mass is 722 g/mol. The molecule has 0 radical (unpaired) electrons. The number of benzene rings is 2. The summed E-state index contributed by atoms with van der Waals surface area (Å²) >= 11 is 5.50. The molecular weight excluding hydrogens is 680 g/mol. The van der Waals surface area contributed by atoms with Crippen molar-refractivity contribution in [3.8, 4) is 0 Å². The number of para-hydroxylation sites is 1. The summed E-state index contributed by atoms with van der Waals surface area (Å²) in [4.78, 5) is 52.0. The van der Waals surface area contributed by atoms with Crippen LogP contribution in [0.2, 0.25) is 0 Å². The van der Waals surface area contributed by atoms with Gasteiger partial charge in [0.1, 0.15) is 6.04 Å². The maximum absolute atomic E-state index is 15.0. The Labute approximate surface area is 289 Å². The number of alkyl halides is 1. The lowest BCUT2D eigenvalue weighted by atomic mass is 9.70. The molecule has 4 saturated heterocycles. The SMILES string of the molecule is C=CCN(CCN1CCOCC1)C(=O)C1N([C@H](CO)c2ccccc2)C(=O)[C@@H]2[C@@H](C(=O)N(CC=C)c3ccccc3)[C@@H]3SC12CC3Br. The highest BCUT2D eigenvalue weighted by molar-refractivity contribution is 9.09. The molecule has 4 heterocycles. The number of rotatable bonds is 13. The number of hydrogen-bond acceptors (Lipinski definition) is 7. The van der Waals surface area contributed by atoms with Gasteiger partial charge in [0.15, 0.2) is 0 Å².